The molecule has 1 aliphatic rings. The molecule has 0 atom stereocenters. The summed E-state index contributed by atoms with van der Waals surface area (Å²) < 4.78 is 26.0. The Bertz CT molecular complexity index is 592. The third kappa shape index (κ3) is 1.83. The number of halogens is 2. The van der Waals surface area contributed by atoms with Crippen molar-refractivity contribution in [1.29, 1.82) is 0 Å². The molecule has 1 fully saturated rings. The Balaban J connectivity index is 1.95. The molecule has 1 heterocycles. The minimum Gasteiger partial charge on any atom is -0.395 e. The third-order valence-electron chi connectivity index (χ3n) is 3.37. The van der Waals surface area contributed by atoms with Crippen molar-refractivity contribution >= 4 is 11.3 Å². The van der Waals surface area contributed by atoms with Gasteiger partial charge in [-0.05, 0) is 31.0 Å². The molecule has 18 heavy (non-hydrogen) atoms. The summed E-state index contributed by atoms with van der Waals surface area (Å²) in [6.45, 7) is 0.0912. The molecule has 94 valence electrons. The number of hydrogen-bond donors (Lipinski definition) is 1. The molecule has 5 heteroatoms. The summed E-state index contributed by atoms with van der Waals surface area (Å²) in [4.78, 5) is 4.43. The van der Waals surface area contributed by atoms with Crippen LogP contribution in [0.2, 0.25) is 0 Å². The van der Waals surface area contributed by atoms with Crippen LogP contribution < -0.4 is 0 Å². The SMILES string of the molecule is OCC1(c2csc(-c3ccc(F)c(F)c3)n2)CC1. The number of aromatic nitrogens is 1. The lowest BCUT2D eigenvalue weighted by molar-refractivity contribution is 0.253. The van der Waals surface area contributed by atoms with Gasteiger partial charge in [-0.15, -0.1) is 11.3 Å². The van der Waals surface area contributed by atoms with Crippen molar-refractivity contribution < 1.29 is 13.9 Å². The Morgan fingerprint density at radius 1 is 1.28 bits per heavy atom. The van der Waals surface area contributed by atoms with Gasteiger partial charge in [0.25, 0.3) is 0 Å². The van der Waals surface area contributed by atoms with E-state index in [1.54, 1.807) is 0 Å². The summed E-state index contributed by atoms with van der Waals surface area (Å²) in [6, 6.07) is 3.76. The first kappa shape index (κ1) is 11.7. The van der Waals surface area contributed by atoms with Gasteiger partial charge in [0.2, 0.25) is 0 Å². The van der Waals surface area contributed by atoms with Gasteiger partial charge in [-0.2, -0.15) is 0 Å². The zero-order valence-corrected chi connectivity index (χ0v) is 10.3. The predicted octanol–water partition coefficient (Wildman–Crippen LogP) is 3.11. The first-order chi connectivity index (χ1) is 8.64. The lowest BCUT2D eigenvalue weighted by Gasteiger charge is -2.06. The molecule has 2 nitrogen and oxygen atoms in total. The molecule has 0 aliphatic heterocycles. The van der Waals surface area contributed by atoms with Gasteiger partial charge >= 0.3 is 0 Å². The zero-order valence-electron chi connectivity index (χ0n) is 9.49. The second-order valence-corrected chi connectivity index (χ2v) is 5.46. The van der Waals surface area contributed by atoms with Crippen LogP contribution in [0.25, 0.3) is 10.6 Å². The van der Waals surface area contributed by atoms with Gasteiger partial charge < -0.3 is 5.11 Å². The second kappa shape index (κ2) is 4.10. The Labute approximate surface area is 107 Å². The van der Waals surface area contributed by atoms with E-state index in [0.717, 1.165) is 30.7 Å². The summed E-state index contributed by atoms with van der Waals surface area (Å²) in [6.07, 6.45) is 1.87. The summed E-state index contributed by atoms with van der Waals surface area (Å²) in [7, 11) is 0. The average molecular weight is 267 g/mol. The quantitative estimate of drug-likeness (QED) is 0.927. The van der Waals surface area contributed by atoms with Crippen LogP contribution in [0.5, 0.6) is 0 Å². The lowest BCUT2D eigenvalue weighted by atomic mass is 10.1. The molecule has 0 saturated heterocycles. The fourth-order valence-corrected chi connectivity index (χ4v) is 2.87. The molecular weight excluding hydrogens is 256 g/mol. The second-order valence-electron chi connectivity index (χ2n) is 4.61. The van der Waals surface area contributed by atoms with Crippen LogP contribution in [0.3, 0.4) is 0 Å². The summed E-state index contributed by atoms with van der Waals surface area (Å²) >= 11 is 1.39. The molecular formula is C13H11F2NOS. The number of benzene rings is 1. The van der Waals surface area contributed by atoms with Gasteiger partial charge in [0, 0.05) is 16.4 Å². The Hall–Kier alpha value is -1.33. The van der Waals surface area contributed by atoms with Crippen molar-refractivity contribution in [1.82, 2.24) is 4.98 Å². The number of aliphatic hydroxyl groups is 1. The molecule has 1 aromatic heterocycles. The van der Waals surface area contributed by atoms with Gasteiger partial charge in [-0.3, -0.25) is 0 Å². The van der Waals surface area contributed by atoms with Crippen molar-refractivity contribution in [2.45, 2.75) is 18.3 Å². The van der Waals surface area contributed by atoms with E-state index in [0.29, 0.717) is 10.6 Å². The fraction of sp³-hybridized carbons (Fsp3) is 0.308. The van der Waals surface area contributed by atoms with Crippen LogP contribution in [-0.2, 0) is 5.41 Å². The average Bonchev–Trinajstić information content (AvgIpc) is 3.02. The van der Waals surface area contributed by atoms with E-state index in [-0.39, 0.29) is 12.0 Å². The Morgan fingerprint density at radius 2 is 2.06 bits per heavy atom. The normalized spacial score (nSPS) is 16.8. The van der Waals surface area contributed by atoms with Crippen LogP contribution in [0.4, 0.5) is 8.78 Å². The largest absolute Gasteiger partial charge is 0.395 e. The van der Waals surface area contributed by atoms with E-state index in [4.69, 9.17) is 0 Å². The molecule has 0 bridgehead atoms. The highest BCUT2D eigenvalue weighted by molar-refractivity contribution is 7.13. The fourth-order valence-electron chi connectivity index (χ4n) is 1.93. The van der Waals surface area contributed by atoms with Crippen LogP contribution in [-0.4, -0.2) is 16.7 Å². The van der Waals surface area contributed by atoms with Crippen LogP contribution in [0.1, 0.15) is 18.5 Å². The standard InChI is InChI=1S/C13H11F2NOS/c14-9-2-1-8(5-10(9)15)12-16-11(6-18-12)13(7-17)3-4-13/h1-2,5-6,17H,3-4,7H2. The smallest absolute Gasteiger partial charge is 0.159 e. The van der Waals surface area contributed by atoms with E-state index in [9.17, 15) is 13.9 Å². The van der Waals surface area contributed by atoms with Gasteiger partial charge in [-0.1, -0.05) is 0 Å². The predicted molar refractivity (Wildman–Crippen MR) is 65.5 cm³/mol. The maximum Gasteiger partial charge on any atom is 0.159 e. The van der Waals surface area contributed by atoms with E-state index in [1.165, 1.54) is 17.4 Å². The molecule has 0 radical (unpaired) electrons. The molecule has 1 saturated carbocycles. The molecule has 1 N–H and O–H groups in total. The molecule has 0 amide bonds. The van der Waals surface area contributed by atoms with Gasteiger partial charge in [0.1, 0.15) is 5.01 Å². The molecule has 1 aliphatic carbocycles. The van der Waals surface area contributed by atoms with E-state index >= 15 is 0 Å². The van der Waals surface area contributed by atoms with Crippen LogP contribution in [0, 0.1) is 11.6 Å². The zero-order chi connectivity index (χ0) is 12.8. The van der Waals surface area contributed by atoms with Gasteiger partial charge in [0.15, 0.2) is 11.6 Å². The van der Waals surface area contributed by atoms with Crippen molar-refractivity contribution in [2.75, 3.05) is 6.61 Å². The molecule has 2 aromatic rings. The Morgan fingerprint density at radius 3 is 2.67 bits per heavy atom. The number of hydrogen-bond acceptors (Lipinski definition) is 3. The van der Waals surface area contributed by atoms with E-state index in [1.807, 2.05) is 5.38 Å². The van der Waals surface area contributed by atoms with Gasteiger partial charge in [-0.25, -0.2) is 13.8 Å². The van der Waals surface area contributed by atoms with Crippen molar-refractivity contribution in [2.24, 2.45) is 0 Å². The maximum atomic E-state index is 13.1. The topological polar surface area (TPSA) is 33.1 Å². The molecule has 1 aromatic carbocycles. The Kier molecular flexibility index (Phi) is 2.68. The number of aliphatic hydroxyl groups excluding tert-OH is 1. The monoisotopic (exact) mass is 267 g/mol. The number of rotatable bonds is 3. The lowest BCUT2D eigenvalue weighted by Crippen LogP contribution is -2.11. The highest BCUT2D eigenvalue weighted by atomic mass is 32.1. The third-order valence-corrected chi connectivity index (χ3v) is 4.26. The van der Waals surface area contributed by atoms with Crippen molar-refractivity contribution in [3.05, 3.63) is 40.9 Å². The van der Waals surface area contributed by atoms with E-state index in [2.05, 4.69) is 4.98 Å². The highest BCUT2D eigenvalue weighted by Crippen LogP contribution is 2.48. The molecule has 0 unspecified atom stereocenters. The van der Waals surface area contributed by atoms with Crippen molar-refractivity contribution in [3.8, 4) is 10.6 Å². The van der Waals surface area contributed by atoms with Gasteiger partial charge in [0.05, 0.1) is 12.3 Å². The van der Waals surface area contributed by atoms with Crippen molar-refractivity contribution in [3.63, 3.8) is 0 Å². The minimum absolute atomic E-state index is 0.0912. The van der Waals surface area contributed by atoms with E-state index < -0.39 is 11.6 Å². The summed E-state index contributed by atoms with van der Waals surface area (Å²) in [5.74, 6) is -1.72. The number of nitrogens with zero attached hydrogens (tertiary/aromatic N) is 1. The molecule has 0 spiro atoms. The maximum absolute atomic E-state index is 13.1. The van der Waals surface area contributed by atoms with Crippen LogP contribution in [0.15, 0.2) is 23.6 Å². The summed E-state index contributed by atoms with van der Waals surface area (Å²) in [5, 5.41) is 11.9. The first-order valence-electron chi connectivity index (χ1n) is 5.67. The van der Waals surface area contributed by atoms with Crippen LogP contribution >= 0.6 is 11.3 Å². The minimum atomic E-state index is -0.868. The number of thiazole rings is 1. The molecule has 3 rings (SSSR count). The first-order valence-corrected chi connectivity index (χ1v) is 6.55. The summed E-state index contributed by atoms with van der Waals surface area (Å²) in [5.41, 5.74) is 1.24. The highest BCUT2D eigenvalue weighted by Gasteiger charge is 2.45.